The van der Waals surface area contributed by atoms with Gasteiger partial charge in [-0.05, 0) is 12.1 Å². The van der Waals surface area contributed by atoms with Gasteiger partial charge in [0.2, 0.25) is 0 Å². The number of hydrogen-bond acceptors (Lipinski definition) is 4. The van der Waals surface area contributed by atoms with Gasteiger partial charge in [0.15, 0.2) is 5.76 Å². The van der Waals surface area contributed by atoms with Gasteiger partial charge in [0, 0.05) is 25.2 Å². The van der Waals surface area contributed by atoms with E-state index in [1.54, 1.807) is 0 Å². The van der Waals surface area contributed by atoms with E-state index < -0.39 is 28.3 Å². The molecule has 0 unspecified atom stereocenters. The molecule has 1 aromatic carbocycles. The van der Waals surface area contributed by atoms with Crippen molar-refractivity contribution in [2.75, 3.05) is 7.05 Å². The van der Waals surface area contributed by atoms with Gasteiger partial charge in [-0.3, -0.25) is 14.9 Å². The maximum atomic E-state index is 13.5. The molecule has 2 aromatic rings. The fourth-order valence-electron chi connectivity index (χ4n) is 1.71. The molecule has 1 aromatic heterocycles. The molecule has 1 heterocycles. The van der Waals surface area contributed by atoms with Crippen LogP contribution in [0.4, 0.5) is 14.7 Å². The van der Waals surface area contributed by atoms with Crippen LogP contribution in [0.15, 0.2) is 34.7 Å². The molecule has 1 amide bonds. The fourth-order valence-corrected chi connectivity index (χ4v) is 1.71. The van der Waals surface area contributed by atoms with E-state index in [9.17, 15) is 23.7 Å². The van der Waals surface area contributed by atoms with Crippen LogP contribution >= 0.6 is 0 Å². The molecule has 0 aliphatic rings. The molecule has 0 radical (unpaired) electrons. The summed E-state index contributed by atoms with van der Waals surface area (Å²) in [6.07, 6.45) is 0. The Morgan fingerprint density at radius 2 is 2.05 bits per heavy atom. The highest BCUT2D eigenvalue weighted by molar-refractivity contribution is 5.91. The lowest BCUT2D eigenvalue weighted by Gasteiger charge is -2.16. The van der Waals surface area contributed by atoms with E-state index in [2.05, 4.69) is 0 Å². The lowest BCUT2D eigenvalue weighted by atomic mass is 10.2. The number of benzene rings is 1. The average molecular weight is 296 g/mol. The number of amides is 1. The second-order valence-electron chi connectivity index (χ2n) is 4.29. The summed E-state index contributed by atoms with van der Waals surface area (Å²) in [7, 11) is 1.37. The van der Waals surface area contributed by atoms with E-state index in [4.69, 9.17) is 4.42 Å². The summed E-state index contributed by atoms with van der Waals surface area (Å²) in [6, 6.07) is 5.23. The van der Waals surface area contributed by atoms with E-state index in [-0.39, 0.29) is 17.9 Å². The van der Waals surface area contributed by atoms with Crippen LogP contribution in [-0.4, -0.2) is 22.8 Å². The highest BCUT2D eigenvalue weighted by atomic mass is 19.1. The van der Waals surface area contributed by atoms with Crippen molar-refractivity contribution in [2.24, 2.45) is 0 Å². The highest BCUT2D eigenvalue weighted by Gasteiger charge is 2.21. The Morgan fingerprint density at radius 1 is 1.33 bits per heavy atom. The summed E-state index contributed by atoms with van der Waals surface area (Å²) in [5, 5.41) is 10.5. The second-order valence-corrected chi connectivity index (χ2v) is 4.29. The number of carbonyl (C=O) groups is 1. The molecule has 110 valence electrons. The molecule has 0 aliphatic carbocycles. The third-order valence-corrected chi connectivity index (χ3v) is 2.75. The number of nitrogens with zero attached hydrogens (tertiary/aromatic N) is 2. The molecule has 21 heavy (non-hydrogen) atoms. The molecule has 0 atom stereocenters. The summed E-state index contributed by atoms with van der Waals surface area (Å²) in [5.41, 5.74) is 0.119. The number of halogens is 2. The van der Waals surface area contributed by atoms with Gasteiger partial charge >= 0.3 is 5.88 Å². The van der Waals surface area contributed by atoms with Gasteiger partial charge in [-0.15, -0.1) is 0 Å². The lowest BCUT2D eigenvalue weighted by molar-refractivity contribution is -0.402. The maximum Gasteiger partial charge on any atom is 0.433 e. The van der Waals surface area contributed by atoms with Crippen molar-refractivity contribution >= 4 is 11.8 Å². The zero-order valence-electron chi connectivity index (χ0n) is 10.9. The molecule has 0 spiro atoms. The first kappa shape index (κ1) is 14.6. The van der Waals surface area contributed by atoms with Crippen LogP contribution in [-0.2, 0) is 6.54 Å². The third-order valence-electron chi connectivity index (χ3n) is 2.75. The number of furan rings is 1. The molecule has 6 nitrogen and oxygen atoms in total. The molecule has 0 saturated heterocycles. The van der Waals surface area contributed by atoms with Gasteiger partial charge in [0.05, 0.1) is 6.07 Å². The zero-order chi connectivity index (χ0) is 15.6. The van der Waals surface area contributed by atoms with E-state index in [1.807, 2.05) is 0 Å². The van der Waals surface area contributed by atoms with E-state index >= 15 is 0 Å². The van der Waals surface area contributed by atoms with Crippen LogP contribution in [0.1, 0.15) is 16.1 Å². The van der Waals surface area contributed by atoms with Crippen LogP contribution in [0.5, 0.6) is 0 Å². The zero-order valence-corrected chi connectivity index (χ0v) is 10.9. The topological polar surface area (TPSA) is 76.6 Å². The van der Waals surface area contributed by atoms with E-state index in [0.717, 1.165) is 23.1 Å². The first-order valence-electron chi connectivity index (χ1n) is 5.82. The molecule has 2 rings (SSSR count). The highest BCUT2D eigenvalue weighted by Crippen LogP contribution is 2.18. The van der Waals surface area contributed by atoms with Gasteiger partial charge in [-0.1, -0.05) is 6.07 Å². The Balaban J connectivity index is 2.13. The summed E-state index contributed by atoms with van der Waals surface area (Å²) in [6.45, 7) is -0.126. The van der Waals surface area contributed by atoms with Crippen molar-refractivity contribution in [3.05, 3.63) is 63.4 Å². The molecule has 0 fully saturated rings. The van der Waals surface area contributed by atoms with Crippen molar-refractivity contribution in [3.63, 3.8) is 0 Å². The quantitative estimate of drug-likeness (QED) is 0.642. The van der Waals surface area contributed by atoms with Gasteiger partial charge < -0.3 is 9.32 Å². The van der Waals surface area contributed by atoms with Gasteiger partial charge in [-0.25, -0.2) is 8.78 Å². The van der Waals surface area contributed by atoms with E-state index in [1.165, 1.54) is 13.1 Å². The van der Waals surface area contributed by atoms with Crippen molar-refractivity contribution in [3.8, 4) is 0 Å². The number of rotatable bonds is 4. The Morgan fingerprint density at radius 3 is 2.62 bits per heavy atom. The average Bonchev–Trinajstić information content (AvgIpc) is 2.90. The fraction of sp³-hybridized carbons (Fsp3) is 0.154. The van der Waals surface area contributed by atoms with Crippen LogP contribution in [0, 0.1) is 21.7 Å². The van der Waals surface area contributed by atoms with Crippen LogP contribution < -0.4 is 0 Å². The van der Waals surface area contributed by atoms with Crippen molar-refractivity contribution < 1.29 is 22.9 Å². The minimum Gasteiger partial charge on any atom is -0.395 e. The largest absolute Gasteiger partial charge is 0.433 e. The first-order valence-corrected chi connectivity index (χ1v) is 5.82. The number of carbonyl (C=O) groups excluding carboxylic acids is 1. The summed E-state index contributed by atoms with van der Waals surface area (Å²) < 4.78 is 31.1. The predicted octanol–water partition coefficient (Wildman–Crippen LogP) is 2.74. The van der Waals surface area contributed by atoms with Crippen LogP contribution in [0.3, 0.4) is 0 Å². The molecule has 0 N–H and O–H groups in total. The van der Waals surface area contributed by atoms with Crippen LogP contribution in [0.2, 0.25) is 0 Å². The van der Waals surface area contributed by atoms with Crippen molar-refractivity contribution in [1.82, 2.24) is 4.90 Å². The van der Waals surface area contributed by atoms with Gasteiger partial charge in [0.25, 0.3) is 5.91 Å². The van der Waals surface area contributed by atoms with Gasteiger partial charge in [-0.2, -0.15) is 0 Å². The normalized spacial score (nSPS) is 10.4. The summed E-state index contributed by atoms with van der Waals surface area (Å²) >= 11 is 0. The first-order chi connectivity index (χ1) is 9.88. The summed E-state index contributed by atoms with van der Waals surface area (Å²) in [5.74, 6) is -2.93. The maximum absolute atomic E-state index is 13.5. The predicted molar refractivity (Wildman–Crippen MR) is 67.5 cm³/mol. The Hall–Kier alpha value is -2.77. The molecule has 8 heteroatoms. The lowest BCUT2D eigenvalue weighted by Crippen LogP contribution is -2.26. The standard InChI is InChI=1S/C13H10F2N2O4/c1-16(7-8-2-3-9(14)6-10(8)15)13(18)11-4-5-12(21-11)17(19)20/h2-6H,7H2,1H3. The smallest absolute Gasteiger partial charge is 0.395 e. The Kier molecular flexibility index (Phi) is 3.97. The van der Waals surface area contributed by atoms with E-state index in [0.29, 0.717) is 6.07 Å². The minimum absolute atomic E-state index is 0.119. The number of nitro groups is 1. The van der Waals surface area contributed by atoms with Crippen LogP contribution in [0.25, 0.3) is 0 Å². The number of hydrogen-bond donors (Lipinski definition) is 0. The Bertz CT molecular complexity index is 699. The molecule has 0 aliphatic heterocycles. The van der Waals surface area contributed by atoms with Gasteiger partial charge in [0.1, 0.15) is 16.6 Å². The monoisotopic (exact) mass is 296 g/mol. The molecule has 0 saturated carbocycles. The van der Waals surface area contributed by atoms with Crippen molar-refractivity contribution in [1.29, 1.82) is 0 Å². The SMILES string of the molecule is CN(Cc1ccc(F)cc1F)C(=O)c1ccc([N+](=O)[O-])o1. The Labute approximate surface area is 117 Å². The molecular weight excluding hydrogens is 286 g/mol. The molecular formula is C13H10F2N2O4. The second kappa shape index (κ2) is 5.70. The minimum atomic E-state index is -0.778. The third kappa shape index (κ3) is 3.22. The molecule has 0 bridgehead atoms. The summed E-state index contributed by atoms with van der Waals surface area (Å²) in [4.78, 5) is 22.8. The van der Waals surface area contributed by atoms with Crippen molar-refractivity contribution in [2.45, 2.75) is 6.54 Å².